The van der Waals surface area contributed by atoms with E-state index in [-0.39, 0.29) is 17.7 Å². The molecule has 0 unspecified atom stereocenters. The largest absolute Gasteiger partial charge is 0.494 e. The topological polar surface area (TPSA) is 75.7 Å². The molecule has 0 fully saturated rings. The van der Waals surface area contributed by atoms with Gasteiger partial charge in [0.05, 0.1) is 29.6 Å². The van der Waals surface area contributed by atoms with Gasteiger partial charge in [-0.25, -0.2) is 4.90 Å². The van der Waals surface area contributed by atoms with Crippen molar-refractivity contribution >= 4 is 29.1 Å². The summed E-state index contributed by atoms with van der Waals surface area (Å²) in [6.45, 7) is 1.39. The lowest BCUT2D eigenvalue weighted by molar-refractivity contribution is -0.114. The summed E-state index contributed by atoms with van der Waals surface area (Å²) in [4.78, 5) is 37.2. The van der Waals surface area contributed by atoms with Crippen molar-refractivity contribution in [2.75, 3.05) is 17.3 Å². The second kappa shape index (κ2) is 5.57. The maximum Gasteiger partial charge on any atom is 0.266 e. The van der Waals surface area contributed by atoms with Crippen LogP contribution in [0.1, 0.15) is 27.6 Å². The minimum absolute atomic E-state index is 0.239. The summed E-state index contributed by atoms with van der Waals surface area (Å²) in [6, 6.07) is 11.4. The van der Waals surface area contributed by atoms with Crippen molar-refractivity contribution in [2.45, 2.75) is 6.92 Å². The molecule has 3 amide bonds. The monoisotopic (exact) mass is 310 g/mol. The van der Waals surface area contributed by atoms with Gasteiger partial charge in [0.2, 0.25) is 5.91 Å². The Kier molecular flexibility index (Phi) is 3.57. The highest BCUT2D eigenvalue weighted by Gasteiger charge is 2.36. The second-order valence-corrected chi connectivity index (χ2v) is 5.06. The summed E-state index contributed by atoms with van der Waals surface area (Å²) in [6.07, 6.45) is 0. The fourth-order valence-electron chi connectivity index (χ4n) is 2.54. The normalized spacial score (nSPS) is 13.0. The van der Waals surface area contributed by atoms with E-state index in [1.54, 1.807) is 42.5 Å². The van der Waals surface area contributed by atoms with E-state index in [9.17, 15) is 14.4 Å². The van der Waals surface area contributed by atoms with Crippen molar-refractivity contribution in [3.05, 3.63) is 53.6 Å². The standard InChI is InChI=1S/C17H14N2O4/c1-10(20)18-14-8-7-11(9-15(14)23-2)19-16(21)12-5-3-4-6-13(12)17(19)22/h3-9H,1-2H3,(H,18,20). The number of rotatable bonds is 3. The fraction of sp³-hybridized carbons (Fsp3) is 0.118. The van der Waals surface area contributed by atoms with Gasteiger partial charge < -0.3 is 10.1 Å². The Balaban J connectivity index is 2.02. The van der Waals surface area contributed by atoms with Gasteiger partial charge in [-0.05, 0) is 24.3 Å². The maximum absolute atomic E-state index is 12.5. The molecule has 0 aliphatic carbocycles. The summed E-state index contributed by atoms with van der Waals surface area (Å²) in [5.74, 6) is -0.620. The minimum Gasteiger partial charge on any atom is -0.494 e. The van der Waals surface area contributed by atoms with Crippen molar-refractivity contribution in [3.8, 4) is 5.75 Å². The van der Waals surface area contributed by atoms with Crippen LogP contribution in [0.15, 0.2) is 42.5 Å². The SMILES string of the molecule is COc1cc(N2C(=O)c3ccccc3C2=O)ccc1NC(C)=O. The lowest BCUT2D eigenvalue weighted by Crippen LogP contribution is -2.29. The predicted octanol–water partition coefficient (Wildman–Crippen LogP) is 2.45. The number of hydrogen-bond donors (Lipinski definition) is 1. The first-order valence-corrected chi connectivity index (χ1v) is 6.96. The molecule has 2 aromatic carbocycles. The number of methoxy groups -OCH3 is 1. The van der Waals surface area contributed by atoms with Crippen LogP contribution in [0.4, 0.5) is 11.4 Å². The molecule has 1 aliphatic rings. The first kappa shape index (κ1) is 14.8. The molecule has 0 saturated heterocycles. The van der Waals surface area contributed by atoms with E-state index in [2.05, 4.69) is 5.32 Å². The van der Waals surface area contributed by atoms with E-state index in [0.29, 0.717) is 28.3 Å². The number of hydrogen-bond acceptors (Lipinski definition) is 4. The zero-order valence-corrected chi connectivity index (χ0v) is 12.6. The molecule has 6 nitrogen and oxygen atoms in total. The molecule has 1 heterocycles. The van der Waals surface area contributed by atoms with Gasteiger partial charge in [0.15, 0.2) is 0 Å². The van der Waals surface area contributed by atoms with Gasteiger partial charge in [0, 0.05) is 13.0 Å². The molecular formula is C17H14N2O4. The average Bonchev–Trinajstić information content (AvgIpc) is 2.79. The van der Waals surface area contributed by atoms with Gasteiger partial charge in [-0.15, -0.1) is 0 Å². The van der Waals surface area contributed by atoms with E-state index in [1.165, 1.54) is 14.0 Å². The first-order valence-electron chi connectivity index (χ1n) is 6.96. The number of fused-ring (bicyclic) bond motifs is 1. The third-order valence-corrected chi connectivity index (χ3v) is 3.55. The van der Waals surface area contributed by atoms with Gasteiger partial charge in [-0.2, -0.15) is 0 Å². The van der Waals surface area contributed by atoms with Crippen LogP contribution in [-0.4, -0.2) is 24.8 Å². The Morgan fingerprint density at radius 1 is 1.04 bits per heavy atom. The summed E-state index contributed by atoms with van der Waals surface area (Å²) in [5.41, 5.74) is 1.62. The van der Waals surface area contributed by atoms with E-state index in [1.807, 2.05) is 0 Å². The van der Waals surface area contributed by atoms with E-state index < -0.39 is 0 Å². The molecule has 3 rings (SSSR count). The van der Waals surface area contributed by atoms with Gasteiger partial charge in [-0.3, -0.25) is 14.4 Å². The van der Waals surface area contributed by atoms with Crippen LogP contribution in [0.3, 0.4) is 0 Å². The molecule has 2 aromatic rings. The summed E-state index contributed by atoms with van der Waals surface area (Å²) < 4.78 is 5.23. The number of amides is 3. The van der Waals surface area contributed by atoms with Crippen LogP contribution < -0.4 is 15.0 Å². The first-order chi connectivity index (χ1) is 11.0. The van der Waals surface area contributed by atoms with E-state index in [0.717, 1.165) is 4.90 Å². The van der Waals surface area contributed by atoms with Gasteiger partial charge >= 0.3 is 0 Å². The Labute approximate surface area is 132 Å². The lowest BCUT2D eigenvalue weighted by Gasteiger charge is -2.17. The predicted molar refractivity (Wildman–Crippen MR) is 84.9 cm³/mol. The molecule has 6 heteroatoms. The molecule has 0 bridgehead atoms. The van der Waals surface area contributed by atoms with Crippen molar-refractivity contribution in [3.63, 3.8) is 0 Å². The second-order valence-electron chi connectivity index (χ2n) is 5.06. The van der Waals surface area contributed by atoms with Gasteiger partial charge in [-0.1, -0.05) is 12.1 Å². The molecule has 1 aliphatic heterocycles. The number of benzene rings is 2. The quantitative estimate of drug-likeness (QED) is 0.884. The molecule has 1 N–H and O–H groups in total. The molecular weight excluding hydrogens is 296 g/mol. The minimum atomic E-state index is -0.375. The van der Waals surface area contributed by atoms with Crippen LogP contribution in [-0.2, 0) is 4.79 Å². The Morgan fingerprint density at radius 3 is 2.17 bits per heavy atom. The van der Waals surface area contributed by atoms with E-state index >= 15 is 0 Å². The molecule has 23 heavy (non-hydrogen) atoms. The van der Waals surface area contributed by atoms with Crippen LogP contribution in [0.5, 0.6) is 5.75 Å². The lowest BCUT2D eigenvalue weighted by atomic mass is 10.1. The summed E-state index contributed by atoms with van der Waals surface area (Å²) in [7, 11) is 1.45. The molecule has 0 atom stereocenters. The maximum atomic E-state index is 12.5. The van der Waals surface area contributed by atoms with Crippen LogP contribution in [0.25, 0.3) is 0 Å². The highest BCUT2D eigenvalue weighted by molar-refractivity contribution is 6.34. The summed E-state index contributed by atoms with van der Waals surface area (Å²) >= 11 is 0. The van der Waals surface area contributed by atoms with Crippen molar-refractivity contribution in [1.82, 2.24) is 0 Å². The number of anilines is 2. The zero-order chi connectivity index (χ0) is 16.6. The molecule has 116 valence electrons. The third kappa shape index (κ3) is 2.44. The Hall–Kier alpha value is -3.15. The van der Waals surface area contributed by atoms with Crippen molar-refractivity contribution in [2.24, 2.45) is 0 Å². The number of ether oxygens (including phenoxy) is 1. The Morgan fingerprint density at radius 2 is 1.65 bits per heavy atom. The highest BCUT2D eigenvalue weighted by Crippen LogP contribution is 2.34. The number of imide groups is 1. The molecule has 0 spiro atoms. The van der Waals surface area contributed by atoms with Crippen molar-refractivity contribution < 1.29 is 19.1 Å². The smallest absolute Gasteiger partial charge is 0.266 e. The molecule has 0 aromatic heterocycles. The van der Waals surface area contributed by atoms with Crippen molar-refractivity contribution in [1.29, 1.82) is 0 Å². The number of carbonyl (C=O) groups is 3. The Bertz CT molecular complexity index is 794. The number of nitrogens with zero attached hydrogens (tertiary/aromatic N) is 1. The van der Waals surface area contributed by atoms with Gasteiger partial charge in [0.1, 0.15) is 5.75 Å². The van der Waals surface area contributed by atoms with Crippen LogP contribution >= 0.6 is 0 Å². The van der Waals surface area contributed by atoms with E-state index in [4.69, 9.17) is 4.74 Å². The van der Waals surface area contributed by atoms with Crippen LogP contribution in [0.2, 0.25) is 0 Å². The fourth-order valence-corrected chi connectivity index (χ4v) is 2.54. The highest BCUT2D eigenvalue weighted by atomic mass is 16.5. The number of carbonyl (C=O) groups excluding carboxylic acids is 3. The summed E-state index contributed by atoms with van der Waals surface area (Å²) in [5, 5.41) is 2.63. The van der Waals surface area contributed by atoms with Crippen LogP contribution in [0, 0.1) is 0 Å². The third-order valence-electron chi connectivity index (χ3n) is 3.55. The average molecular weight is 310 g/mol. The molecule has 0 radical (unpaired) electrons. The zero-order valence-electron chi connectivity index (χ0n) is 12.6. The number of nitrogens with one attached hydrogen (secondary N) is 1. The molecule has 0 saturated carbocycles. The van der Waals surface area contributed by atoms with Gasteiger partial charge in [0.25, 0.3) is 11.8 Å².